The van der Waals surface area contributed by atoms with E-state index in [9.17, 15) is 18.1 Å². The maximum Gasteiger partial charge on any atom is 1.00 e. The molecular weight excluding hydrogens is 360 g/mol. The molecule has 0 aromatic heterocycles. The Balaban J connectivity index is -0.00000128. The zero-order valence-electron chi connectivity index (χ0n) is 11.6. The van der Waals surface area contributed by atoms with Crippen LogP contribution in [0.2, 0.25) is 0 Å². The topological polar surface area (TPSA) is 122 Å². The van der Waals surface area contributed by atoms with Crippen LogP contribution in [-0.4, -0.2) is 49.9 Å². The molecular formula is C9H20N2NaO5SY-. The second-order valence-electron chi connectivity index (χ2n) is 3.97. The molecule has 0 amide bonds. The first-order valence-electron chi connectivity index (χ1n) is 5.46. The molecule has 0 aliphatic carbocycles. The number of nitrogens with one attached hydrogen (secondary N) is 2. The summed E-state index contributed by atoms with van der Waals surface area (Å²) in [6, 6.07) is -0.395. The third-order valence-corrected chi connectivity index (χ3v) is 2.77. The minimum atomic E-state index is -4.76. The fourth-order valence-corrected chi connectivity index (χ4v) is 1.65. The summed E-state index contributed by atoms with van der Waals surface area (Å²) in [7, 11) is -4.76. The summed E-state index contributed by atoms with van der Waals surface area (Å²) in [5.74, 6) is -0.123. The number of likely N-dealkylation sites (N-methyl/N-ethyl adjacent to an activating group) is 1. The van der Waals surface area contributed by atoms with Crippen molar-refractivity contribution in [2.24, 2.45) is 5.92 Å². The van der Waals surface area contributed by atoms with Crippen LogP contribution in [-0.2, 0) is 47.3 Å². The Morgan fingerprint density at radius 3 is 2.42 bits per heavy atom. The van der Waals surface area contributed by atoms with Crippen molar-refractivity contribution in [3.8, 4) is 0 Å². The average Bonchev–Trinajstić information content (AvgIpc) is 2.22. The van der Waals surface area contributed by atoms with E-state index in [4.69, 9.17) is 5.73 Å². The van der Waals surface area contributed by atoms with Gasteiger partial charge in [0.15, 0.2) is 0 Å². The van der Waals surface area contributed by atoms with Crippen molar-refractivity contribution in [3.05, 3.63) is 5.73 Å². The van der Waals surface area contributed by atoms with Crippen molar-refractivity contribution in [1.82, 2.24) is 5.32 Å². The van der Waals surface area contributed by atoms with Crippen molar-refractivity contribution in [2.75, 3.05) is 19.7 Å². The van der Waals surface area contributed by atoms with Gasteiger partial charge in [-0.1, -0.05) is 19.8 Å². The van der Waals surface area contributed by atoms with Crippen LogP contribution in [0.1, 0.15) is 20.3 Å². The predicted molar refractivity (Wildman–Crippen MR) is 62.1 cm³/mol. The molecule has 10 heteroatoms. The Labute approximate surface area is 162 Å². The van der Waals surface area contributed by atoms with Gasteiger partial charge in [0, 0.05) is 32.7 Å². The molecule has 7 nitrogen and oxygen atoms in total. The first-order chi connectivity index (χ1) is 7.76. The van der Waals surface area contributed by atoms with E-state index in [0.29, 0.717) is 6.54 Å². The van der Waals surface area contributed by atoms with Crippen LogP contribution in [0.5, 0.6) is 0 Å². The third kappa shape index (κ3) is 16.1. The zero-order valence-corrected chi connectivity index (χ0v) is 17.3. The van der Waals surface area contributed by atoms with E-state index in [2.05, 4.69) is 9.50 Å². The van der Waals surface area contributed by atoms with Gasteiger partial charge in [0.25, 0.3) is 0 Å². The SMILES string of the molecule is CCNCC([NH-])C(C)CC(O)COS(=O)(=O)[O-].[Na+].[Y]. The van der Waals surface area contributed by atoms with Crippen LogP contribution in [0.3, 0.4) is 0 Å². The van der Waals surface area contributed by atoms with Crippen LogP contribution in [0.25, 0.3) is 5.73 Å². The summed E-state index contributed by atoms with van der Waals surface area (Å²) < 4.78 is 34.4. The van der Waals surface area contributed by atoms with Crippen LogP contribution >= 0.6 is 0 Å². The van der Waals surface area contributed by atoms with Gasteiger partial charge in [-0.25, -0.2) is 8.42 Å². The molecule has 0 aliphatic rings. The summed E-state index contributed by atoms with van der Waals surface area (Å²) in [5, 5.41) is 12.4. The summed E-state index contributed by atoms with van der Waals surface area (Å²) >= 11 is 0. The van der Waals surface area contributed by atoms with Crippen molar-refractivity contribution < 1.29 is 84.5 Å². The molecule has 0 heterocycles. The number of rotatable bonds is 9. The molecule has 19 heavy (non-hydrogen) atoms. The molecule has 3 N–H and O–H groups in total. The minimum absolute atomic E-state index is 0. The van der Waals surface area contributed by atoms with Crippen LogP contribution in [0.15, 0.2) is 0 Å². The van der Waals surface area contributed by atoms with Crippen LogP contribution in [0, 0.1) is 5.92 Å². The van der Waals surface area contributed by atoms with Gasteiger partial charge < -0.3 is 20.7 Å². The van der Waals surface area contributed by atoms with Crippen molar-refractivity contribution in [2.45, 2.75) is 32.4 Å². The van der Waals surface area contributed by atoms with Gasteiger partial charge in [0.1, 0.15) is 0 Å². The average molecular weight is 380 g/mol. The molecule has 3 atom stereocenters. The molecule has 0 bridgehead atoms. The second kappa shape index (κ2) is 13.5. The second-order valence-corrected chi connectivity index (χ2v) is 5.03. The monoisotopic (exact) mass is 380 g/mol. The standard InChI is InChI=1S/C9H21N2O5S.Na.Y/c1-3-11-5-9(10)7(2)4-8(12)6-16-17(13,14)15;;/h7-12H,3-6H2,1-2H3,(H,13,14,15);;/q-1;+1;/p-1. The smallest absolute Gasteiger partial charge is 0.726 e. The molecule has 0 aromatic carbocycles. The summed E-state index contributed by atoms with van der Waals surface area (Å²) in [6.07, 6.45) is -0.835. The molecule has 0 fully saturated rings. The van der Waals surface area contributed by atoms with Gasteiger partial charge in [-0.15, -0.1) is 6.04 Å². The van der Waals surface area contributed by atoms with Gasteiger partial charge in [-0.3, -0.25) is 4.18 Å². The minimum Gasteiger partial charge on any atom is -0.726 e. The molecule has 0 aliphatic heterocycles. The molecule has 0 saturated carbocycles. The van der Waals surface area contributed by atoms with Crippen molar-refractivity contribution in [1.29, 1.82) is 0 Å². The fraction of sp³-hybridized carbons (Fsp3) is 1.00. The van der Waals surface area contributed by atoms with Crippen molar-refractivity contribution >= 4 is 10.4 Å². The molecule has 3 unspecified atom stereocenters. The van der Waals surface area contributed by atoms with E-state index in [1.54, 1.807) is 6.92 Å². The Hall–Kier alpha value is 1.85. The van der Waals surface area contributed by atoms with E-state index in [1.165, 1.54) is 0 Å². The van der Waals surface area contributed by atoms with Gasteiger partial charge in [-0.05, 0) is 19.5 Å². The van der Waals surface area contributed by atoms with E-state index in [-0.39, 0.29) is 74.6 Å². The third-order valence-electron chi connectivity index (χ3n) is 2.35. The number of aliphatic hydroxyl groups is 1. The Bertz CT molecular complexity index is 307. The first-order valence-corrected chi connectivity index (χ1v) is 6.79. The maximum absolute atomic E-state index is 10.2. The molecule has 107 valence electrons. The number of hydrogen-bond acceptors (Lipinski definition) is 6. The molecule has 0 aromatic rings. The van der Waals surface area contributed by atoms with E-state index in [1.807, 2.05) is 6.92 Å². The molecule has 0 spiro atoms. The van der Waals surface area contributed by atoms with E-state index < -0.39 is 29.2 Å². The Kier molecular flexibility index (Phi) is 18.3. The van der Waals surface area contributed by atoms with E-state index in [0.717, 1.165) is 6.54 Å². The Morgan fingerprint density at radius 1 is 1.47 bits per heavy atom. The quantitative estimate of drug-likeness (QED) is 0.248. The molecule has 1 radical (unpaired) electrons. The largest absolute Gasteiger partial charge is 1.00 e. The predicted octanol–water partition coefficient (Wildman–Crippen LogP) is -3.12. The zero-order chi connectivity index (χ0) is 13.5. The van der Waals surface area contributed by atoms with Crippen LogP contribution in [0.4, 0.5) is 0 Å². The molecule has 0 rings (SSSR count). The maximum atomic E-state index is 10.2. The molecule has 0 saturated heterocycles. The van der Waals surface area contributed by atoms with Crippen LogP contribution < -0.4 is 34.9 Å². The van der Waals surface area contributed by atoms with Crippen molar-refractivity contribution in [3.63, 3.8) is 0 Å². The summed E-state index contributed by atoms with van der Waals surface area (Å²) in [5.41, 5.74) is 7.74. The van der Waals surface area contributed by atoms with Gasteiger partial charge in [0.2, 0.25) is 10.4 Å². The Morgan fingerprint density at radius 2 is 2.00 bits per heavy atom. The van der Waals surface area contributed by atoms with Gasteiger partial charge >= 0.3 is 29.6 Å². The first kappa shape index (κ1) is 25.8. The number of hydrogen-bond donors (Lipinski definition) is 2. The van der Waals surface area contributed by atoms with Gasteiger partial charge in [0.05, 0.1) is 12.7 Å². The normalized spacial score (nSPS) is 15.8. The summed E-state index contributed by atoms with van der Waals surface area (Å²) in [6.45, 7) is 4.43. The number of aliphatic hydroxyl groups excluding tert-OH is 1. The van der Waals surface area contributed by atoms with Gasteiger partial charge in [-0.2, -0.15) is 0 Å². The van der Waals surface area contributed by atoms with E-state index >= 15 is 0 Å². The fourth-order valence-electron chi connectivity index (χ4n) is 1.32. The summed E-state index contributed by atoms with van der Waals surface area (Å²) in [4.78, 5) is 0.